The smallest absolute Gasteiger partial charge is 0.279 e. The highest BCUT2D eigenvalue weighted by Gasteiger charge is 2.33. The van der Waals surface area contributed by atoms with Crippen LogP contribution in [0.4, 0.5) is 0 Å². The van der Waals surface area contributed by atoms with E-state index in [4.69, 9.17) is 9.84 Å². The molecule has 0 bridgehead atoms. The van der Waals surface area contributed by atoms with Gasteiger partial charge in [-0.15, -0.1) is 0 Å². The van der Waals surface area contributed by atoms with Crippen molar-refractivity contribution in [1.29, 1.82) is 0 Å². The van der Waals surface area contributed by atoms with Gasteiger partial charge in [-0.2, -0.15) is 17.4 Å². The first-order chi connectivity index (χ1) is 7.12. The van der Waals surface area contributed by atoms with E-state index in [9.17, 15) is 8.42 Å². The van der Waals surface area contributed by atoms with Gasteiger partial charge in [-0.3, -0.25) is 0 Å². The van der Waals surface area contributed by atoms with E-state index in [0.29, 0.717) is 13.2 Å². The summed E-state index contributed by atoms with van der Waals surface area (Å²) in [5.74, 6) is 0. The van der Waals surface area contributed by atoms with E-state index in [0.717, 1.165) is 12.8 Å². The summed E-state index contributed by atoms with van der Waals surface area (Å²) in [4.78, 5) is 0. The Labute approximate surface area is 89.4 Å². The van der Waals surface area contributed by atoms with E-state index < -0.39 is 16.3 Å². The van der Waals surface area contributed by atoms with Crippen LogP contribution in [0.2, 0.25) is 0 Å². The molecular weight excluding hydrogens is 220 g/mol. The Kier molecular flexibility index (Phi) is 3.27. The summed E-state index contributed by atoms with van der Waals surface area (Å²) < 4.78 is 32.7. The van der Waals surface area contributed by atoms with E-state index in [1.165, 1.54) is 4.31 Å². The van der Waals surface area contributed by atoms with Crippen molar-refractivity contribution in [2.24, 2.45) is 0 Å². The van der Waals surface area contributed by atoms with E-state index in [1.807, 2.05) is 0 Å². The number of aliphatic hydroxyl groups is 1. The molecule has 0 aromatic carbocycles. The Balaban J connectivity index is 1.95. The van der Waals surface area contributed by atoms with Crippen LogP contribution >= 0.6 is 0 Å². The fourth-order valence-corrected chi connectivity index (χ4v) is 2.99. The van der Waals surface area contributed by atoms with Gasteiger partial charge in [0.1, 0.15) is 0 Å². The summed E-state index contributed by atoms with van der Waals surface area (Å²) in [5, 5.41) is 8.90. The average molecular weight is 236 g/mol. The SMILES string of the molecule is O=S(=O)(NC1CC1)N1CCOC(CO)C1. The number of morpholine rings is 1. The van der Waals surface area contributed by atoms with Crippen LogP contribution in [-0.2, 0) is 14.9 Å². The molecule has 7 heteroatoms. The third-order valence-corrected chi connectivity index (χ3v) is 4.18. The van der Waals surface area contributed by atoms with Crippen LogP contribution in [0, 0.1) is 0 Å². The lowest BCUT2D eigenvalue weighted by Gasteiger charge is -2.31. The molecule has 2 N–H and O–H groups in total. The first-order valence-electron chi connectivity index (χ1n) is 5.11. The summed E-state index contributed by atoms with van der Waals surface area (Å²) in [6.07, 6.45) is 1.45. The van der Waals surface area contributed by atoms with Crippen LogP contribution < -0.4 is 4.72 Å². The molecule has 0 aromatic rings. The molecule has 1 saturated carbocycles. The summed E-state index contributed by atoms with van der Waals surface area (Å²) in [6.45, 7) is 0.795. The van der Waals surface area contributed by atoms with Crippen LogP contribution in [0.5, 0.6) is 0 Å². The van der Waals surface area contributed by atoms with Crippen molar-refractivity contribution in [2.75, 3.05) is 26.3 Å². The Morgan fingerprint density at radius 2 is 2.20 bits per heavy atom. The molecule has 1 aliphatic carbocycles. The number of ether oxygens (including phenoxy) is 1. The van der Waals surface area contributed by atoms with E-state index in [2.05, 4.69) is 4.72 Å². The molecule has 1 heterocycles. The van der Waals surface area contributed by atoms with Gasteiger partial charge in [0.15, 0.2) is 0 Å². The Hall–Kier alpha value is -0.210. The molecule has 1 atom stereocenters. The summed E-state index contributed by atoms with van der Waals surface area (Å²) in [6, 6.07) is 0.116. The quantitative estimate of drug-likeness (QED) is 0.634. The maximum absolute atomic E-state index is 11.8. The minimum Gasteiger partial charge on any atom is -0.394 e. The summed E-state index contributed by atoms with van der Waals surface area (Å²) in [5.41, 5.74) is 0. The summed E-state index contributed by atoms with van der Waals surface area (Å²) >= 11 is 0. The molecule has 2 aliphatic rings. The van der Waals surface area contributed by atoms with Gasteiger partial charge in [-0.1, -0.05) is 0 Å². The van der Waals surface area contributed by atoms with Crippen LogP contribution in [-0.4, -0.2) is 56.3 Å². The lowest BCUT2D eigenvalue weighted by atomic mass is 10.3. The molecular formula is C8H16N2O4S. The third-order valence-electron chi connectivity index (χ3n) is 2.54. The van der Waals surface area contributed by atoms with Crippen molar-refractivity contribution in [3.63, 3.8) is 0 Å². The molecule has 0 radical (unpaired) electrons. The number of hydrogen-bond donors (Lipinski definition) is 2. The van der Waals surface area contributed by atoms with E-state index >= 15 is 0 Å². The van der Waals surface area contributed by atoms with Crippen molar-refractivity contribution in [3.8, 4) is 0 Å². The van der Waals surface area contributed by atoms with Crippen molar-refractivity contribution in [2.45, 2.75) is 25.0 Å². The zero-order valence-electron chi connectivity index (χ0n) is 8.42. The van der Waals surface area contributed by atoms with Crippen molar-refractivity contribution < 1.29 is 18.3 Å². The second-order valence-corrected chi connectivity index (χ2v) is 5.63. The Bertz CT molecular complexity index is 315. The van der Waals surface area contributed by atoms with E-state index in [-0.39, 0.29) is 19.2 Å². The second kappa shape index (κ2) is 4.34. The Morgan fingerprint density at radius 3 is 2.80 bits per heavy atom. The van der Waals surface area contributed by atoms with Crippen LogP contribution in [0.1, 0.15) is 12.8 Å². The predicted octanol–water partition coefficient (Wildman–Crippen LogP) is -1.32. The number of nitrogens with zero attached hydrogens (tertiary/aromatic N) is 1. The minimum absolute atomic E-state index is 0.116. The minimum atomic E-state index is -3.37. The largest absolute Gasteiger partial charge is 0.394 e. The van der Waals surface area contributed by atoms with Crippen LogP contribution in [0.25, 0.3) is 0 Å². The molecule has 0 amide bonds. The van der Waals surface area contributed by atoms with Crippen molar-refractivity contribution >= 4 is 10.2 Å². The van der Waals surface area contributed by atoms with Gasteiger partial charge < -0.3 is 9.84 Å². The highest BCUT2D eigenvalue weighted by Crippen LogP contribution is 2.21. The number of aliphatic hydroxyl groups excluding tert-OH is 1. The first kappa shape index (κ1) is 11.3. The molecule has 2 rings (SSSR count). The molecule has 2 fully saturated rings. The van der Waals surface area contributed by atoms with Crippen LogP contribution in [0.15, 0.2) is 0 Å². The maximum atomic E-state index is 11.8. The Morgan fingerprint density at radius 1 is 1.47 bits per heavy atom. The van der Waals surface area contributed by atoms with Gasteiger partial charge in [0.2, 0.25) is 0 Å². The molecule has 1 unspecified atom stereocenters. The van der Waals surface area contributed by atoms with Crippen molar-refractivity contribution in [3.05, 3.63) is 0 Å². The van der Waals surface area contributed by atoms with Crippen LogP contribution in [0.3, 0.4) is 0 Å². The molecule has 6 nitrogen and oxygen atoms in total. The third kappa shape index (κ3) is 2.88. The number of rotatable bonds is 4. The van der Waals surface area contributed by atoms with Gasteiger partial charge in [0.25, 0.3) is 10.2 Å². The van der Waals surface area contributed by atoms with Crippen molar-refractivity contribution in [1.82, 2.24) is 9.03 Å². The summed E-state index contributed by atoms with van der Waals surface area (Å²) in [7, 11) is -3.37. The normalized spacial score (nSPS) is 29.3. The zero-order valence-corrected chi connectivity index (χ0v) is 9.24. The van der Waals surface area contributed by atoms with E-state index in [1.54, 1.807) is 0 Å². The zero-order chi connectivity index (χ0) is 10.9. The van der Waals surface area contributed by atoms with Gasteiger partial charge in [0.05, 0.1) is 19.3 Å². The standard InChI is InChI=1S/C8H16N2O4S/c11-6-8-5-10(3-4-14-8)15(12,13)9-7-1-2-7/h7-9,11H,1-6H2. The predicted molar refractivity (Wildman–Crippen MR) is 53.5 cm³/mol. The van der Waals surface area contributed by atoms with Gasteiger partial charge in [-0.25, -0.2) is 0 Å². The van der Waals surface area contributed by atoms with Gasteiger partial charge >= 0.3 is 0 Å². The fraction of sp³-hybridized carbons (Fsp3) is 1.00. The highest BCUT2D eigenvalue weighted by atomic mass is 32.2. The second-order valence-electron chi connectivity index (χ2n) is 3.93. The molecule has 15 heavy (non-hydrogen) atoms. The molecule has 1 saturated heterocycles. The first-order valence-corrected chi connectivity index (χ1v) is 6.55. The molecule has 88 valence electrons. The van der Waals surface area contributed by atoms with Gasteiger partial charge in [-0.05, 0) is 12.8 Å². The number of hydrogen-bond acceptors (Lipinski definition) is 4. The maximum Gasteiger partial charge on any atom is 0.279 e. The monoisotopic (exact) mass is 236 g/mol. The van der Waals surface area contributed by atoms with Gasteiger partial charge in [0, 0.05) is 19.1 Å². The fourth-order valence-electron chi connectivity index (χ4n) is 1.51. The lowest BCUT2D eigenvalue weighted by molar-refractivity contribution is -0.0307. The average Bonchev–Trinajstić information content (AvgIpc) is 3.01. The lowest BCUT2D eigenvalue weighted by Crippen LogP contribution is -2.51. The number of nitrogens with one attached hydrogen (secondary N) is 1. The molecule has 1 aliphatic heterocycles. The highest BCUT2D eigenvalue weighted by molar-refractivity contribution is 7.87. The molecule has 0 spiro atoms. The topological polar surface area (TPSA) is 78.9 Å². The molecule has 0 aromatic heterocycles.